The highest BCUT2D eigenvalue weighted by molar-refractivity contribution is 5.91. The van der Waals surface area contributed by atoms with Gasteiger partial charge in [0.05, 0.1) is 11.8 Å². The minimum atomic E-state index is -4.41. The zero-order chi connectivity index (χ0) is 20.0. The summed E-state index contributed by atoms with van der Waals surface area (Å²) in [4.78, 5) is 19.3. The number of benzene rings is 1. The fourth-order valence-electron chi connectivity index (χ4n) is 1.86. The second-order valence-electron chi connectivity index (χ2n) is 6.73. The highest BCUT2D eigenvalue weighted by Crippen LogP contribution is 2.32. The van der Waals surface area contributed by atoms with Crippen LogP contribution in [-0.4, -0.2) is 21.4 Å². The minimum absolute atomic E-state index is 0. The molecule has 0 aliphatic rings. The van der Waals surface area contributed by atoms with Crippen LogP contribution < -0.4 is 11.1 Å². The van der Waals surface area contributed by atoms with Gasteiger partial charge in [-0.2, -0.15) is 13.2 Å². The Morgan fingerprint density at radius 1 is 1.19 bits per heavy atom. The Labute approximate surface area is 150 Å². The molecule has 1 heterocycles. The van der Waals surface area contributed by atoms with Crippen LogP contribution in [0.15, 0.2) is 36.8 Å². The molecule has 0 atom stereocenters. The van der Waals surface area contributed by atoms with Crippen LogP contribution in [0.2, 0.25) is 0 Å². The van der Waals surface area contributed by atoms with E-state index in [4.69, 9.17) is 5.73 Å². The van der Waals surface area contributed by atoms with Gasteiger partial charge in [0, 0.05) is 24.5 Å². The predicted molar refractivity (Wildman–Crippen MR) is 93.3 cm³/mol. The van der Waals surface area contributed by atoms with Crippen LogP contribution in [0.1, 0.15) is 48.0 Å². The lowest BCUT2D eigenvalue weighted by atomic mass is 10.0. The zero-order valence-electron chi connectivity index (χ0n) is 15.2. The maximum atomic E-state index is 12.8. The third-order valence-corrected chi connectivity index (χ3v) is 2.99. The fraction of sp³-hybridized carbons (Fsp3) is 0.389. The summed E-state index contributed by atoms with van der Waals surface area (Å²) in [6.07, 6.45) is -0.332. The molecule has 1 aromatic carbocycles. The van der Waals surface area contributed by atoms with Crippen LogP contribution in [-0.2, 0) is 12.7 Å². The first kappa shape index (κ1) is 21.6. The normalized spacial score (nSPS) is 11.4. The summed E-state index contributed by atoms with van der Waals surface area (Å²) in [7, 11) is 0. The summed E-state index contributed by atoms with van der Waals surface area (Å²) in [5.74, 6) is -0.486. The van der Waals surface area contributed by atoms with E-state index in [1.165, 1.54) is 31.6 Å². The number of rotatable bonds is 3. The van der Waals surface area contributed by atoms with Crippen molar-refractivity contribution in [3.8, 4) is 0 Å². The third kappa shape index (κ3) is 7.60. The van der Waals surface area contributed by atoms with Gasteiger partial charge in [0.15, 0.2) is 0 Å². The molecule has 0 aliphatic carbocycles. The highest BCUT2D eigenvalue weighted by atomic mass is 19.4. The number of nitrogens with zero attached hydrogens (tertiary/aromatic N) is 2. The molecule has 2 rings (SSSR count). The lowest BCUT2D eigenvalue weighted by molar-refractivity contribution is -0.138. The summed E-state index contributed by atoms with van der Waals surface area (Å²) in [6, 6.07) is 3.88. The van der Waals surface area contributed by atoms with Crippen molar-refractivity contribution in [2.24, 2.45) is 5.73 Å². The Kier molecular flexibility index (Phi) is 7.26. The lowest BCUT2D eigenvalue weighted by Crippen LogP contribution is -2.26. The quantitative estimate of drug-likeness (QED) is 0.869. The number of halogens is 3. The lowest BCUT2D eigenvalue weighted by Gasteiger charge is -2.14. The zero-order valence-corrected chi connectivity index (χ0v) is 15.2. The average molecular weight is 368 g/mol. The number of hydrogen-bond donors (Lipinski definition) is 2. The van der Waals surface area contributed by atoms with E-state index in [1.807, 2.05) is 20.8 Å². The van der Waals surface area contributed by atoms with Gasteiger partial charge < -0.3 is 11.1 Å². The van der Waals surface area contributed by atoms with Gasteiger partial charge in [0.25, 0.3) is 5.91 Å². The third-order valence-electron chi connectivity index (χ3n) is 2.99. The van der Waals surface area contributed by atoms with E-state index in [-0.39, 0.29) is 23.3 Å². The van der Waals surface area contributed by atoms with Gasteiger partial charge in [-0.05, 0) is 44.9 Å². The number of carbonyl (C=O) groups is 1. The molecule has 0 radical (unpaired) electrons. The van der Waals surface area contributed by atoms with Crippen LogP contribution in [0.5, 0.6) is 0 Å². The van der Waals surface area contributed by atoms with E-state index in [0.29, 0.717) is 5.56 Å². The van der Waals surface area contributed by atoms with Crippen LogP contribution in [0.3, 0.4) is 0 Å². The SMILES string of the molecule is CC(C)(C)N.Cc1c(CNC(=O)c2cnccn2)cccc1C(F)(F)F. The largest absolute Gasteiger partial charge is 0.416 e. The van der Waals surface area contributed by atoms with Gasteiger partial charge >= 0.3 is 6.18 Å². The Morgan fingerprint density at radius 3 is 2.31 bits per heavy atom. The first-order valence-electron chi connectivity index (χ1n) is 7.88. The molecular formula is C18H23F3N4O. The van der Waals surface area contributed by atoms with Gasteiger partial charge in [-0.25, -0.2) is 4.98 Å². The molecule has 0 saturated heterocycles. The predicted octanol–water partition coefficient (Wildman–Crippen LogP) is 3.48. The van der Waals surface area contributed by atoms with Crippen molar-refractivity contribution in [2.45, 2.75) is 46.0 Å². The molecule has 0 fully saturated rings. The average Bonchev–Trinajstić information content (AvgIpc) is 2.51. The van der Waals surface area contributed by atoms with Gasteiger partial charge in [0.2, 0.25) is 0 Å². The molecule has 0 unspecified atom stereocenters. The van der Waals surface area contributed by atoms with E-state index in [0.717, 1.165) is 6.07 Å². The van der Waals surface area contributed by atoms with Crippen molar-refractivity contribution in [1.82, 2.24) is 15.3 Å². The summed E-state index contributed by atoms with van der Waals surface area (Å²) in [5, 5.41) is 2.53. The van der Waals surface area contributed by atoms with Crippen LogP contribution in [0, 0.1) is 6.92 Å². The van der Waals surface area contributed by atoms with Gasteiger partial charge in [0.1, 0.15) is 5.69 Å². The van der Waals surface area contributed by atoms with Gasteiger partial charge in [-0.15, -0.1) is 0 Å². The van der Waals surface area contributed by atoms with Gasteiger partial charge in [-0.1, -0.05) is 12.1 Å². The molecule has 8 heteroatoms. The van der Waals surface area contributed by atoms with E-state index < -0.39 is 17.6 Å². The Morgan fingerprint density at radius 2 is 1.81 bits per heavy atom. The molecule has 142 valence electrons. The van der Waals surface area contributed by atoms with E-state index in [1.54, 1.807) is 6.07 Å². The van der Waals surface area contributed by atoms with Crippen molar-refractivity contribution in [1.29, 1.82) is 0 Å². The summed E-state index contributed by atoms with van der Waals surface area (Å²) < 4.78 is 38.4. The highest BCUT2D eigenvalue weighted by Gasteiger charge is 2.32. The molecule has 1 aromatic heterocycles. The minimum Gasteiger partial charge on any atom is -0.347 e. The first-order chi connectivity index (χ1) is 11.9. The second kappa shape index (κ2) is 8.75. The van der Waals surface area contributed by atoms with Crippen molar-refractivity contribution in [3.63, 3.8) is 0 Å². The standard InChI is InChI=1S/C14H12F3N3O.C4H11N/c1-9-10(3-2-4-11(9)14(15,16)17)7-20-13(21)12-8-18-5-6-19-12;1-4(2,3)5/h2-6,8H,7H2,1H3,(H,20,21);5H2,1-3H3. The Hall–Kier alpha value is -2.48. The maximum Gasteiger partial charge on any atom is 0.416 e. The van der Waals surface area contributed by atoms with E-state index in [2.05, 4.69) is 15.3 Å². The molecule has 0 aliphatic heterocycles. The second-order valence-corrected chi connectivity index (χ2v) is 6.73. The summed E-state index contributed by atoms with van der Waals surface area (Å²) in [5.41, 5.74) is 5.27. The van der Waals surface area contributed by atoms with E-state index >= 15 is 0 Å². The first-order valence-corrected chi connectivity index (χ1v) is 7.88. The molecule has 3 N–H and O–H groups in total. The van der Waals surface area contributed by atoms with Crippen LogP contribution >= 0.6 is 0 Å². The van der Waals surface area contributed by atoms with Crippen LogP contribution in [0.4, 0.5) is 13.2 Å². The molecule has 0 spiro atoms. The Balaban J connectivity index is 0.000000597. The topological polar surface area (TPSA) is 80.9 Å². The van der Waals surface area contributed by atoms with Crippen molar-refractivity contribution in [2.75, 3.05) is 0 Å². The molecular weight excluding hydrogens is 345 g/mol. The van der Waals surface area contributed by atoms with Crippen molar-refractivity contribution in [3.05, 3.63) is 59.2 Å². The molecule has 2 aromatic rings. The smallest absolute Gasteiger partial charge is 0.347 e. The number of carbonyl (C=O) groups excluding carboxylic acids is 1. The number of aromatic nitrogens is 2. The molecule has 26 heavy (non-hydrogen) atoms. The maximum absolute atomic E-state index is 12.8. The number of nitrogens with one attached hydrogen (secondary N) is 1. The molecule has 1 amide bonds. The number of alkyl halides is 3. The van der Waals surface area contributed by atoms with Crippen molar-refractivity contribution < 1.29 is 18.0 Å². The number of amides is 1. The molecule has 0 saturated carbocycles. The van der Waals surface area contributed by atoms with Gasteiger partial charge in [-0.3, -0.25) is 9.78 Å². The fourth-order valence-corrected chi connectivity index (χ4v) is 1.86. The summed E-state index contributed by atoms with van der Waals surface area (Å²) >= 11 is 0. The van der Waals surface area contributed by atoms with E-state index in [9.17, 15) is 18.0 Å². The monoisotopic (exact) mass is 368 g/mol. The van der Waals surface area contributed by atoms with Crippen LogP contribution in [0.25, 0.3) is 0 Å². The molecule has 5 nitrogen and oxygen atoms in total. The Bertz CT molecular complexity index is 719. The van der Waals surface area contributed by atoms with Crippen molar-refractivity contribution >= 4 is 5.91 Å². The molecule has 0 bridgehead atoms. The number of nitrogens with two attached hydrogens (primary N) is 1. The number of hydrogen-bond acceptors (Lipinski definition) is 4. The summed E-state index contributed by atoms with van der Waals surface area (Å²) in [6.45, 7) is 7.27.